The molecule has 0 aliphatic rings. The highest BCUT2D eigenvalue weighted by atomic mass is 16.6. The lowest BCUT2D eigenvalue weighted by Crippen LogP contribution is -2.55. The number of nitrogens with one attached hydrogen (secondary N) is 2. The highest BCUT2D eigenvalue weighted by molar-refractivity contribution is 5.93. The molecule has 0 aliphatic carbocycles. The van der Waals surface area contributed by atoms with Crippen LogP contribution in [0.2, 0.25) is 0 Å². The Morgan fingerprint density at radius 2 is 1.58 bits per heavy atom. The Kier molecular flexibility index (Phi) is 13.1. The molecule has 8 heteroatoms. The summed E-state index contributed by atoms with van der Waals surface area (Å²) >= 11 is 0. The summed E-state index contributed by atoms with van der Waals surface area (Å²) in [6.07, 6.45) is 9.94. The van der Waals surface area contributed by atoms with Crippen molar-refractivity contribution in [2.24, 2.45) is 0 Å². The van der Waals surface area contributed by atoms with E-state index in [1.807, 2.05) is 20.8 Å². The molecule has 2 unspecified atom stereocenters. The molecule has 234 valence electrons. The number of phenols is 1. The maximum absolute atomic E-state index is 14.6. The van der Waals surface area contributed by atoms with E-state index >= 15 is 0 Å². The number of phenolic OH excluding ortho intramolecular Hbond substituents is 1. The molecule has 0 aromatic heterocycles. The smallest absolute Gasteiger partial charge is 0.408 e. The number of hydrogen-bond donors (Lipinski definition) is 3. The van der Waals surface area contributed by atoms with E-state index in [1.54, 1.807) is 62.1 Å². The third-order valence-corrected chi connectivity index (χ3v) is 6.62. The first-order chi connectivity index (χ1) is 20.1. The number of rotatable bonds is 13. The van der Waals surface area contributed by atoms with Crippen LogP contribution in [0, 0.1) is 12.3 Å². The predicted octanol–water partition coefficient (Wildman–Crippen LogP) is 6.26. The average Bonchev–Trinajstić information content (AvgIpc) is 2.90. The molecule has 3 amide bonds. The van der Waals surface area contributed by atoms with Gasteiger partial charge in [0.2, 0.25) is 11.8 Å². The second-order valence-corrected chi connectivity index (χ2v) is 12.9. The van der Waals surface area contributed by atoms with E-state index in [0.29, 0.717) is 17.5 Å². The van der Waals surface area contributed by atoms with Crippen LogP contribution in [0.15, 0.2) is 48.5 Å². The summed E-state index contributed by atoms with van der Waals surface area (Å²) in [6.45, 7) is 13.3. The molecular formula is C35H49N3O5. The maximum atomic E-state index is 14.6. The van der Waals surface area contributed by atoms with Crippen LogP contribution in [0.1, 0.15) is 103 Å². The number of carbonyl (C=O) groups excluding carboxylic acids is 3. The van der Waals surface area contributed by atoms with Crippen LogP contribution in [0.25, 0.3) is 0 Å². The molecule has 0 saturated carbocycles. The van der Waals surface area contributed by atoms with Gasteiger partial charge in [-0.15, -0.1) is 6.42 Å². The zero-order valence-electron chi connectivity index (χ0n) is 26.8. The highest BCUT2D eigenvalue weighted by Crippen LogP contribution is 2.28. The zero-order valence-corrected chi connectivity index (χ0v) is 26.8. The molecular weight excluding hydrogens is 542 g/mol. The summed E-state index contributed by atoms with van der Waals surface area (Å²) in [7, 11) is 0. The molecule has 0 fully saturated rings. The summed E-state index contributed by atoms with van der Waals surface area (Å²) in [6, 6.07) is 11.5. The number of benzene rings is 2. The quantitative estimate of drug-likeness (QED) is 0.188. The fraction of sp³-hybridized carbons (Fsp3) is 0.514. The first-order valence-electron chi connectivity index (χ1n) is 15.1. The van der Waals surface area contributed by atoms with Gasteiger partial charge in [0.25, 0.3) is 0 Å². The normalized spacial score (nSPS) is 12.9. The molecule has 0 aliphatic heterocycles. The average molecular weight is 592 g/mol. The molecule has 3 N–H and O–H groups in total. The Balaban J connectivity index is 2.63. The van der Waals surface area contributed by atoms with E-state index in [1.165, 1.54) is 12.1 Å². The van der Waals surface area contributed by atoms with Crippen LogP contribution in [-0.4, -0.2) is 51.6 Å². The summed E-state index contributed by atoms with van der Waals surface area (Å²) in [5.74, 6) is 1.96. The van der Waals surface area contributed by atoms with Gasteiger partial charge in [-0.2, -0.15) is 0 Å². The van der Waals surface area contributed by atoms with Crippen molar-refractivity contribution in [2.75, 3.05) is 6.54 Å². The molecule has 2 aromatic rings. The van der Waals surface area contributed by atoms with Crippen LogP contribution >= 0.6 is 0 Å². The minimum absolute atomic E-state index is 0.0882. The molecule has 2 aromatic carbocycles. The van der Waals surface area contributed by atoms with Crippen LogP contribution < -0.4 is 10.6 Å². The molecule has 43 heavy (non-hydrogen) atoms. The van der Waals surface area contributed by atoms with E-state index in [4.69, 9.17) is 11.2 Å². The van der Waals surface area contributed by atoms with E-state index < -0.39 is 35.2 Å². The number of ether oxygens (including phenoxy) is 1. The number of alkyl carbamates (subject to hydrolysis) is 1. The van der Waals surface area contributed by atoms with E-state index in [2.05, 4.69) is 23.5 Å². The Hall–Kier alpha value is -3.99. The minimum Gasteiger partial charge on any atom is -0.508 e. The molecule has 8 nitrogen and oxygen atoms in total. The minimum atomic E-state index is -1.06. The Morgan fingerprint density at radius 3 is 2.16 bits per heavy atom. The monoisotopic (exact) mass is 591 g/mol. The standard InChI is InChI=1S/C35H49N3O5/c1-9-11-12-13-16-23-38(30(31(40)37-34(3,4)5)28-18-15-14-17-26(28)10-2)32(41)29(36-33(42)43-35(6,7)8)24-25-19-21-27(39)22-20-25/h2,14-15,17-22,29-30,39H,9,11-13,16,23-24H2,1,3-8H3,(H,36,42)(H,37,40). The van der Waals surface area contributed by atoms with Crippen molar-refractivity contribution >= 4 is 17.9 Å². The largest absolute Gasteiger partial charge is 0.508 e. The Labute approximate surface area is 257 Å². The van der Waals surface area contributed by atoms with E-state index in [-0.39, 0.29) is 24.6 Å². The fourth-order valence-corrected chi connectivity index (χ4v) is 4.73. The molecule has 0 radical (unpaired) electrons. The van der Waals surface area contributed by atoms with Gasteiger partial charge in [0, 0.05) is 24.1 Å². The van der Waals surface area contributed by atoms with Crippen molar-refractivity contribution in [3.8, 4) is 18.1 Å². The van der Waals surface area contributed by atoms with Crippen LogP contribution in [0.4, 0.5) is 4.79 Å². The Bertz CT molecular complexity index is 1250. The van der Waals surface area contributed by atoms with Gasteiger partial charge in [0.15, 0.2) is 0 Å². The molecule has 0 heterocycles. The summed E-state index contributed by atoms with van der Waals surface area (Å²) < 4.78 is 5.51. The summed E-state index contributed by atoms with van der Waals surface area (Å²) in [5, 5.41) is 15.6. The van der Waals surface area contributed by atoms with E-state index in [0.717, 1.165) is 31.2 Å². The van der Waals surface area contributed by atoms with Crippen molar-refractivity contribution in [2.45, 2.75) is 110 Å². The van der Waals surface area contributed by atoms with Gasteiger partial charge < -0.3 is 25.4 Å². The number of amides is 3. The first kappa shape index (κ1) is 35.2. The van der Waals surface area contributed by atoms with Gasteiger partial charge in [0.05, 0.1) is 0 Å². The summed E-state index contributed by atoms with van der Waals surface area (Å²) in [4.78, 5) is 43.2. The lowest BCUT2D eigenvalue weighted by atomic mass is 9.95. The van der Waals surface area contributed by atoms with Crippen LogP contribution in [0.3, 0.4) is 0 Å². The zero-order chi connectivity index (χ0) is 32.2. The molecule has 2 atom stereocenters. The number of aromatic hydroxyl groups is 1. The second-order valence-electron chi connectivity index (χ2n) is 12.9. The fourth-order valence-electron chi connectivity index (χ4n) is 4.73. The molecule has 0 spiro atoms. The van der Waals surface area contributed by atoms with Gasteiger partial charge in [-0.25, -0.2) is 4.79 Å². The van der Waals surface area contributed by atoms with Gasteiger partial charge in [0.1, 0.15) is 23.4 Å². The molecule has 2 rings (SSSR count). The van der Waals surface area contributed by atoms with Gasteiger partial charge in [-0.1, -0.05) is 68.9 Å². The third-order valence-electron chi connectivity index (χ3n) is 6.62. The lowest BCUT2D eigenvalue weighted by Gasteiger charge is -2.36. The van der Waals surface area contributed by atoms with Gasteiger partial charge in [-0.3, -0.25) is 9.59 Å². The first-order valence-corrected chi connectivity index (χ1v) is 15.1. The van der Waals surface area contributed by atoms with Crippen molar-refractivity contribution in [1.82, 2.24) is 15.5 Å². The summed E-state index contributed by atoms with van der Waals surface area (Å²) in [5.41, 5.74) is 0.409. The van der Waals surface area contributed by atoms with Crippen LogP contribution in [0.5, 0.6) is 5.75 Å². The van der Waals surface area contributed by atoms with Crippen molar-refractivity contribution in [1.29, 1.82) is 0 Å². The SMILES string of the molecule is C#Cc1ccccc1C(C(=O)NC(C)(C)C)N(CCCCCCC)C(=O)C(Cc1ccc(O)cc1)NC(=O)OC(C)(C)C. The molecule has 0 bridgehead atoms. The number of unbranched alkanes of at least 4 members (excludes halogenated alkanes) is 4. The van der Waals surface area contributed by atoms with E-state index in [9.17, 15) is 19.5 Å². The second kappa shape index (κ2) is 16.0. The van der Waals surface area contributed by atoms with Crippen molar-refractivity contribution < 1.29 is 24.2 Å². The van der Waals surface area contributed by atoms with Crippen molar-refractivity contribution in [3.05, 3.63) is 65.2 Å². The highest BCUT2D eigenvalue weighted by Gasteiger charge is 2.38. The molecule has 0 saturated heterocycles. The van der Waals surface area contributed by atoms with Gasteiger partial charge in [-0.05, 0) is 77.3 Å². The number of hydrogen-bond acceptors (Lipinski definition) is 5. The lowest BCUT2D eigenvalue weighted by molar-refractivity contribution is -0.143. The number of terminal acetylenes is 1. The maximum Gasteiger partial charge on any atom is 0.408 e. The third kappa shape index (κ3) is 12.0. The topological polar surface area (TPSA) is 108 Å². The number of nitrogens with zero attached hydrogens (tertiary/aromatic N) is 1. The number of carbonyl (C=O) groups is 3. The van der Waals surface area contributed by atoms with Crippen molar-refractivity contribution in [3.63, 3.8) is 0 Å². The van der Waals surface area contributed by atoms with Gasteiger partial charge >= 0.3 is 6.09 Å². The predicted molar refractivity (Wildman–Crippen MR) is 170 cm³/mol. The Morgan fingerprint density at radius 1 is 0.953 bits per heavy atom. The van der Waals surface area contributed by atoms with Crippen LogP contribution in [-0.2, 0) is 20.7 Å².